The zero-order chi connectivity index (χ0) is 29.7. The lowest BCUT2D eigenvalue weighted by molar-refractivity contribution is -0.111. The second-order valence-electron chi connectivity index (χ2n) is 9.64. The maximum absolute atomic E-state index is 14.5. The van der Waals surface area contributed by atoms with E-state index in [1.54, 1.807) is 48.9 Å². The van der Waals surface area contributed by atoms with Crippen molar-refractivity contribution in [3.63, 3.8) is 0 Å². The predicted octanol–water partition coefficient (Wildman–Crippen LogP) is 6.86. The molecule has 1 N–H and O–H groups in total. The van der Waals surface area contributed by atoms with Gasteiger partial charge >= 0.3 is 0 Å². The maximum atomic E-state index is 14.5. The maximum Gasteiger partial charge on any atom is 0.248 e. The monoisotopic (exact) mass is 589 g/mol. The Kier molecular flexibility index (Phi) is 11.8. The highest BCUT2D eigenvalue weighted by molar-refractivity contribution is 7.90. The van der Waals surface area contributed by atoms with Crippen LogP contribution in [0.5, 0.6) is 5.75 Å². The summed E-state index contributed by atoms with van der Waals surface area (Å²) in [4.78, 5) is 17.4. The van der Waals surface area contributed by atoms with Crippen molar-refractivity contribution in [3.8, 4) is 16.9 Å². The highest BCUT2D eigenvalue weighted by Gasteiger charge is 2.15. The van der Waals surface area contributed by atoms with Crippen molar-refractivity contribution >= 4 is 28.8 Å². The lowest BCUT2D eigenvalue weighted by atomic mass is 10.0. The molecule has 7 nitrogen and oxygen atoms in total. The van der Waals surface area contributed by atoms with E-state index in [9.17, 15) is 13.7 Å². The zero-order valence-electron chi connectivity index (χ0n) is 23.9. The lowest BCUT2D eigenvalue weighted by Gasteiger charge is -2.12. The standard InChI is InChI=1S/C33H36FN3O4S/c1-3-17-37-24-35-22-29(37)23-42(39)31-13-9-28(10-14-31)36-33(38)16-8-27-21-26(7-15-32(27)34)25-5-11-30(12-6-25)41-20-19-40-18-4-2/h5-16,21-22,24H,3-4,17-20,23H2,1-2H3,(H,36,38)/b16-8+. The molecular weight excluding hydrogens is 553 g/mol. The number of benzene rings is 3. The van der Waals surface area contributed by atoms with Crippen LogP contribution >= 0.6 is 0 Å². The van der Waals surface area contributed by atoms with Crippen LogP contribution in [0.1, 0.15) is 37.9 Å². The van der Waals surface area contributed by atoms with Crippen molar-refractivity contribution < 1.29 is 23.2 Å². The number of imidazole rings is 1. The highest BCUT2D eigenvalue weighted by Crippen LogP contribution is 2.25. The molecule has 4 aromatic rings. The smallest absolute Gasteiger partial charge is 0.248 e. The van der Waals surface area contributed by atoms with E-state index >= 15 is 0 Å². The number of carbonyl (C=O) groups is 1. The molecule has 0 aliphatic carbocycles. The van der Waals surface area contributed by atoms with E-state index in [0.29, 0.717) is 35.1 Å². The first-order valence-electron chi connectivity index (χ1n) is 14.0. The van der Waals surface area contributed by atoms with Gasteiger partial charge in [-0.05, 0) is 89.8 Å². The fourth-order valence-corrected chi connectivity index (χ4v) is 5.34. The molecular formula is C33H36FN3O4S. The summed E-state index contributed by atoms with van der Waals surface area (Å²) in [6.45, 7) is 6.70. The summed E-state index contributed by atoms with van der Waals surface area (Å²) < 4.78 is 40.5. The van der Waals surface area contributed by atoms with Crippen LogP contribution < -0.4 is 10.1 Å². The molecule has 0 radical (unpaired) electrons. The molecule has 4 rings (SSSR count). The Morgan fingerprint density at radius 2 is 1.76 bits per heavy atom. The molecule has 1 heterocycles. The van der Waals surface area contributed by atoms with Crippen LogP contribution in [-0.2, 0) is 33.0 Å². The van der Waals surface area contributed by atoms with Gasteiger partial charge in [0.05, 0.1) is 24.8 Å². The predicted molar refractivity (Wildman–Crippen MR) is 165 cm³/mol. The van der Waals surface area contributed by atoms with Crippen LogP contribution in [0.15, 0.2) is 90.2 Å². The molecule has 0 saturated heterocycles. The third-order valence-electron chi connectivity index (χ3n) is 6.37. The number of halogens is 1. The zero-order valence-corrected chi connectivity index (χ0v) is 24.7. The van der Waals surface area contributed by atoms with Crippen LogP contribution in [0.25, 0.3) is 17.2 Å². The number of carbonyl (C=O) groups excluding carboxylic acids is 1. The molecule has 42 heavy (non-hydrogen) atoms. The van der Waals surface area contributed by atoms with Crippen LogP contribution in [0.4, 0.5) is 10.1 Å². The van der Waals surface area contributed by atoms with Gasteiger partial charge in [-0.1, -0.05) is 32.0 Å². The third kappa shape index (κ3) is 9.04. The number of nitrogens with zero attached hydrogens (tertiary/aromatic N) is 2. The second-order valence-corrected chi connectivity index (χ2v) is 11.1. The number of nitrogens with one attached hydrogen (secondary N) is 1. The van der Waals surface area contributed by atoms with E-state index in [1.807, 2.05) is 28.8 Å². The van der Waals surface area contributed by atoms with E-state index in [0.717, 1.165) is 48.6 Å². The third-order valence-corrected chi connectivity index (χ3v) is 7.73. The van der Waals surface area contributed by atoms with Crippen molar-refractivity contribution in [2.75, 3.05) is 25.1 Å². The van der Waals surface area contributed by atoms with Crippen LogP contribution in [0.2, 0.25) is 0 Å². The molecule has 0 fully saturated rings. The minimum absolute atomic E-state index is 0.295. The molecule has 0 spiro atoms. The second kappa shape index (κ2) is 15.9. The Labute approximate surface area is 249 Å². The number of aryl methyl sites for hydroxylation is 1. The number of amides is 1. The summed E-state index contributed by atoms with van der Waals surface area (Å²) in [6.07, 6.45) is 8.18. The van der Waals surface area contributed by atoms with Gasteiger partial charge in [0.15, 0.2) is 10.6 Å². The van der Waals surface area contributed by atoms with Gasteiger partial charge in [-0.25, -0.2) is 9.37 Å². The Morgan fingerprint density at radius 3 is 2.50 bits per heavy atom. The summed E-state index contributed by atoms with van der Waals surface area (Å²) in [7, 11) is 0. The summed E-state index contributed by atoms with van der Waals surface area (Å²) in [5.74, 6) is 0.269. The molecule has 1 atom stereocenters. The molecule has 0 aliphatic rings. The fraction of sp³-hybridized carbons (Fsp3) is 0.273. The number of hydrogen-bond acceptors (Lipinski definition) is 5. The molecule has 1 amide bonds. The summed E-state index contributed by atoms with van der Waals surface area (Å²) >= 11 is -1.24. The van der Waals surface area contributed by atoms with Crippen molar-refractivity contribution in [1.82, 2.24) is 9.55 Å². The average molecular weight is 590 g/mol. The van der Waals surface area contributed by atoms with Gasteiger partial charge in [0.1, 0.15) is 18.2 Å². The van der Waals surface area contributed by atoms with Gasteiger partial charge in [0.2, 0.25) is 5.91 Å². The quantitative estimate of drug-likeness (QED) is 0.0929. The molecule has 220 valence electrons. The van der Waals surface area contributed by atoms with Gasteiger partial charge in [-0.2, -0.15) is 0 Å². The first-order chi connectivity index (χ1) is 20.5. The average Bonchev–Trinajstić information content (AvgIpc) is 3.44. The van der Waals surface area contributed by atoms with Crippen LogP contribution in [0.3, 0.4) is 0 Å². The van der Waals surface area contributed by atoms with E-state index in [4.69, 9.17) is 9.47 Å². The molecule has 0 bridgehead atoms. The minimum atomic E-state index is -1.24. The van der Waals surface area contributed by atoms with Gasteiger partial charge in [-0.3, -0.25) is 4.79 Å². The summed E-state index contributed by atoms with van der Waals surface area (Å²) in [5.41, 5.74) is 3.48. The van der Waals surface area contributed by atoms with Gasteiger partial charge in [-0.15, -0.1) is 0 Å². The largest absolute Gasteiger partial charge is 0.611 e. The number of rotatable bonds is 15. The number of aromatic nitrogens is 2. The number of hydrogen-bond donors (Lipinski definition) is 1. The molecule has 1 aromatic heterocycles. The van der Waals surface area contributed by atoms with Gasteiger partial charge < -0.3 is 23.9 Å². The normalized spacial score (nSPS) is 12.0. The first-order valence-corrected chi connectivity index (χ1v) is 15.4. The molecule has 9 heteroatoms. The SMILES string of the molecule is CCCOCCOc1ccc(-c2ccc(F)c(/C=C/C(=O)Nc3ccc([S+]([O-])Cc4cncn4CCC)cc3)c2)cc1. The fourth-order valence-electron chi connectivity index (χ4n) is 4.23. The van der Waals surface area contributed by atoms with Gasteiger partial charge in [0.25, 0.3) is 0 Å². The van der Waals surface area contributed by atoms with Gasteiger partial charge in [0, 0.05) is 30.5 Å². The molecule has 1 unspecified atom stereocenters. The van der Waals surface area contributed by atoms with E-state index in [-0.39, 0.29) is 0 Å². The van der Waals surface area contributed by atoms with Crippen molar-refractivity contribution in [2.45, 2.75) is 43.9 Å². The number of anilines is 1. The van der Waals surface area contributed by atoms with E-state index in [1.165, 1.54) is 18.2 Å². The molecule has 3 aromatic carbocycles. The highest BCUT2D eigenvalue weighted by atomic mass is 32.2. The summed E-state index contributed by atoms with van der Waals surface area (Å²) in [5, 5.41) is 2.77. The Balaban J connectivity index is 1.32. The van der Waals surface area contributed by atoms with Crippen molar-refractivity contribution in [1.29, 1.82) is 0 Å². The molecule has 0 aliphatic heterocycles. The first kappa shape index (κ1) is 31.0. The van der Waals surface area contributed by atoms with Crippen LogP contribution in [-0.4, -0.2) is 39.8 Å². The summed E-state index contributed by atoms with van der Waals surface area (Å²) in [6, 6.07) is 19.2. The topological polar surface area (TPSA) is 88.4 Å². The number of ether oxygens (including phenoxy) is 2. The van der Waals surface area contributed by atoms with E-state index in [2.05, 4.69) is 24.1 Å². The van der Waals surface area contributed by atoms with Crippen molar-refractivity contribution in [2.24, 2.45) is 0 Å². The lowest BCUT2D eigenvalue weighted by Crippen LogP contribution is -2.11. The Morgan fingerprint density at radius 1 is 1.00 bits per heavy atom. The minimum Gasteiger partial charge on any atom is -0.611 e. The Bertz CT molecular complexity index is 1460. The van der Waals surface area contributed by atoms with Crippen LogP contribution in [0, 0.1) is 5.82 Å². The van der Waals surface area contributed by atoms with E-state index < -0.39 is 22.9 Å². The van der Waals surface area contributed by atoms with Crippen molar-refractivity contribution in [3.05, 3.63) is 102 Å². The Hall–Kier alpha value is -3.92. The molecule has 0 saturated carbocycles.